The van der Waals surface area contributed by atoms with Crippen LogP contribution in [0.5, 0.6) is 0 Å². The predicted molar refractivity (Wildman–Crippen MR) is 137 cm³/mol. The lowest BCUT2D eigenvalue weighted by molar-refractivity contribution is -0.172. The van der Waals surface area contributed by atoms with E-state index in [4.69, 9.17) is 30.2 Å². The highest BCUT2D eigenvalue weighted by atomic mass is 19.1. The second kappa shape index (κ2) is 13.8. The van der Waals surface area contributed by atoms with Gasteiger partial charge in [-0.25, -0.2) is 19.2 Å². The highest BCUT2D eigenvalue weighted by Crippen LogP contribution is 2.26. The molecule has 2 saturated heterocycles. The van der Waals surface area contributed by atoms with Gasteiger partial charge in [-0.1, -0.05) is 23.4 Å². The van der Waals surface area contributed by atoms with Gasteiger partial charge in [-0.15, -0.1) is 0 Å². The van der Waals surface area contributed by atoms with Crippen LogP contribution >= 0.6 is 0 Å². The fourth-order valence-corrected chi connectivity index (χ4v) is 3.88. The number of hydrogen-bond donors (Lipinski definition) is 3. The third-order valence-corrected chi connectivity index (χ3v) is 6.03. The number of alkyl halides is 1. The standard InChI is InChI=1S/C25H31F2N7O5/c26-8-16(13-37-21-6-1-2-7-36-21)14-39-33-19-11-34(12-19)24-30-9-18(10-31-24)20-5-3-4-17(22(20)27)15-38-25(35)32-23(28)29/h3-5,9-10,16,21H,1-2,6-8,11-15H2,(H4,28,29,32,35). The first kappa shape index (κ1) is 28.1. The molecule has 1 amide bonds. The van der Waals surface area contributed by atoms with E-state index in [1.807, 2.05) is 10.2 Å². The van der Waals surface area contributed by atoms with E-state index in [0.717, 1.165) is 25.0 Å². The Morgan fingerprint density at radius 2 is 2.08 bits per heavy atom. The topological polar surface area (TPSA) is 157 Å². The average Bonchev–Trinajstić information content (AvgIpc) is 2.91. The van der Waals surface area contributed by atoms with Crippen molar-refractivity contribution < 1.29 is 32.6 Å². The number of rotatable bonds is 11. The number of ether oxygens (including phenoxy) is 3. The Labute approximate surface area is 224 Å². The summed E-state index contributed by atoms with van der Waals surface area (Å²) in [6.45, 7) is 0.979. The lowest BCUT2D eigenvalue weighted by Crippen LogP contribution is -2.48. The third-order valence-electron chi connectivity index (χ3n) is 6.03. The molecule has 4 N–H and O–H groups in total. The molecule has 0 bridgehead atoms. The summed E-state index contributed by atoms with van der Waals surface area (Å²) in [6, 6.07) is 4.66. The number of guanidine groups is 1. The Bertz CT molecular complexity index is 1150. The molecule has 0 spiro atoms. The molecule has 0 saturated carbocycles. The van der Waals surface area contributed by atoms with Crippen molar-refractivity contribution in [3.63, 3.8) is 0 Å². The largest absolute Gasteiger partial charge is 0.444 e. The number of alkyl carbamates (subject to hydrolysis) is 1. The number of carbonyl (C=O) groups is 1. The summed E-state index contributed by atoms with van der Waals surface area (Å²) < 4.78 is 44.3. The Morgan fingerprint density at radius 1 is 1.28 bits per heavy atom. The van der Waals surface area contributed by atoms with Gasteiger partial charge in [0.05, 0.1) is 32.1 Å². The highest BCUT2D eigenvalue weighted by Gasteiger charge is 2.26. The molecule has 14 heteroatoms. The van der Waals surface area contributed by atoms with Crippen LogP contribution in [0.2, 0.25) is 0 Å². The van der Waals surface area contributed by atoms with Crippen molar-refractivity contribution in [2.24, 2.45) is 16.8 Å². The van der Waals surface area contributed by atoms with E-state index in [2.05, 4.69) is 15.1 Å². The van der Waals surface area contributed by atoms with Gasteiger partial charge in [0.25, 0.3) is 0 Å². The van der Waals surface area contributed by atoms with Crippen LogP contribution in [0.4, 0.5) is 19.5 Å². The zero-order valence-electron chi connectivity index (χ0n) is 21.3. The van der Waals surface area contributed by atoms with Crippen LogP contribution in [0, 0.1) is 17.1 Å². The van der Waals surface area contributed by atoms with Gasteiger partial charge < -0.3 is 29.7 Å². The van der Waals surface area contributed by atoms with Crippen LogP contribution in [-0.4, -0.2) is 73.6 Å². The number of hydrogen-bond acceptors (Lipinski definition) is 10. The second-order valence-corrected chi connectivity index (χ2v) is 9.12. The summed E-state index contributed by atoms with van der Waals surface area (Å²) in [5.74, 6) is -1.13. The van der Waals surface area contributed by atoms with Gasteiger partial charge in [-0.3, -0.25) is 15.1 Å². The van der Waals surface area contributed by atoms with Crippen molar-refractivity contribution in [3.05, 3.63) is 42.0 Å². The fraction of sp³-hybridized carbons (Fsp3) is 0.480. The molecule has 1 aromatic carbocycles. The van der Waals surface area contributed by atoms with Crippen LogP contribution in [0.1, 0.15) is 24.8 Å². The monoisotopic (exact) mass is 547 g/mol. The number of nitrogens with one attached hydrogen (secondary N) is 2. The molecule has 2 unspecified atom stereocenters. The first-order valence-electron chi connectivity index (χ1n) is 12.5. The number of amides is 1. The summed E-state index contributed by atoms with van der Waals surface area (Å²) in [6.07, 6.45) is 4.66. The van der Waals surface area contributed by atoms with Crippen molar-refractivity contribution in [2.75, 3.05) is 44.5 Å². The molecule has 2 aliphatic rings. The maximum absolute atomic E-state index is 15.0. The van der Waals surface area contributed by atoms with Crippen molar-refractivity contribution in [1.29, 1.82) is 5.41 Å². The molecule has 2 aliphatic heterocycles. The smallest absolute Gasteiger partial charge is 0.414 e. The molecule has 2 atom stereocenters. The van der Waals surface area contributed by atoms with Crippen molar-refractivity contribution in [1.82, 2.24) is 15.3 Å². The van der Waals surface area contributed by atoms with Gasteiger partial charge in [-0.2, -0.15) is 0 Å². The minimum atomic E-state index is -0.955. The number of carbonyl (C=O) groups excluding carboxylic acids is 1. The zero-order chi connectivity index (χ0) is 27.6. The molecule has 0 radical (unpaired) electrons. The molecule has 12 nitrogen and oxygen atoms in total. The lowest BCUT2D eigenvalue weighted by Gasteiger charge is -2.32. The molecule has 4 rings (SSSR count). The summed E-state index contributed by atoms with van der Waals surface area (Å²) >= 11 is 0. The van der Waals surface area contributed by atoms with Gasteiger partial charge in [0.15, 0.2) is 12.2 Å². The minimum Gasteiger partial charge on any atom is -0.444 e. The summed E-state index contributed by atoms with van der Waals surface area (Å²) in [5.41, 5.74) is 6.67. The van der Waals surface area contributed by atoms with E-state index in [1.54, 1.807) is 12.1 Å². The zero-order valence-corrected chi connectivity index (χ0v) is 21.3. The Morgan fingerprint density at radius 3 is 2.77 bits per heavy atom. The predicted octanol–water partition coefficient (Wildman–Crippen LogP) is 2.72. The molecule has 3 heterocycles. The molecule has 39 heavy (non-hydrogen) atoms. The first-order valence-corrected chi connectivity index (χ1v) is 12.5. The third kappa shape index (κ3) is 8.04. The van der Waals surface area contributed by atoms with E-state index >= 15 is 0 Å². The second-order valence-electron chi connectivity index (χ2n) is 9.12. The van der Waals surface area contributed by atoms with E-state index in [0.29, 0.717) is 31.2 Å². The van der Waals surface area contributed by atoms with E-state index in [-0.39, 0.29) is 37.2 Å². The summed E-state index contributed by atoms with van der Waals surface area (Å²) in [7, 11) is 0. The van der Waals surface area contributed by atoms with Crippen molar-refractivity contribution in [2.45, 2.75) is 32.2 Å². The van der Waals surface area contributed by atoms with Gasteiger partial charge in [0, 0.05) is 41.6 Å². The average molecular weight is 548 g/mol. The van der Waals surface area contributed by atoms with Crippen LogP contribution in [-0.2, 0) is 25.7 Å². The van der Waals surface area contributed by atoms with Crippen LogP contribution in [0.3, 0.4) is 0 Å². The Kier molecular flexibility index (Phi) is 9.91. The molecular formula is C25H31F2N7O5. The highest BCUT2D eigenvalue weighted by molar-refractivity contribution is 5.98. The summed E-state index contributed by atoms with van der Waals surface area (Å²) in [4.78, 5) is 27.3. The maximum atomic E-state index is 15.0. The normalized spacial score (nSPS) is 17.6. The first-order chi connectivity index (χ1) is 18.9. The van der Waals surface area contributed by atoms with E-state index in [9.17, 15) is 13.6 Å². The number of benzene rings is 1. The number of nitrogens with two attached hydrogens (primary N) is 1. The SMILES string of the molecule is N=C(N)NC(=O)OCc1cccc(-c2cnc(N3CC(=NOCC(CF)COC4CCCCO4)C3)nc2)c1F. The summed E-state index contributed by atoms with van der Waals surface area (Å²) in [5, 5.41) is 13.0. The maximum Gasteiger partial charge on any atom is 0.414 e. The Balaban J connectivity index is 1.23. The van der Waals surface area contributed by atoms with Gasteiger partial charge in [0.2, 0.25) is 5.95 Å². The number of anilines is 1. The van der Waals surface area contributed by atoms with E-state index < -0.39 is 30.5 Å². The van der Waals surface area contributed by atoms with E-state index in [1.165, 1.54) is 18.5 Å². The molecular weight excluding hydrogens is 516 g/mol. The van der Waals surface area contributed by atoms with Crippen LogP contribution in [0.25, 0.3) is 11.1 Å². The minimum absolute atomic E-state index is 0.106. The molecule has 1 aromatic heterocycles. The Hall–Kier alpha value is -3.91. The van der Waals surface area contributed by atoms with Gasteiger partial charge in [0.1, 0.15) is 19.0 Å². The number of aromatic nitrogens is 2. The number of halogens is 2. The number of oxime groups is 1. The van der Waals surface area contributed by atoms with Crippen molar-refractivity contribution in [3.8, 4) is 11.1 Å². The lowest BCUT2D eigenvalue weighted by atomic mass is 10.1. The molecule has 0 aliphatic carbocycles. The molecule has 2 fully saturated rings. The molecule has 210 valence electrons. The fourth-order valence-electron chi connectivity index (χ4n) is 3.88. The van der Waals surface area contributed by atoms with Crippen LogP contribution < -0.4 is 16.0 Å². The van der Waals surface area contributed by atoms with Gasteiger partial charge in [-0.05, 0) is 19.3 Å². The van der Waals surface area contributed by atoms with Gasteiger partial charge >= 0.3 is 6.09 Å². The number of nitrogens with zero attached hydrogens (tertiary/aromatic N) is 4. The van der Waals surface area contributed by atoms with Crippen LogP contribution in [0.15, 0.2) is 35.7 Å². The van der Waals surface area contributed by atoms with Crippen molar-refractivity contribution >= 4 is 23.7 Å². The quantitative estimate of drug-likeness (QED) is 0.219. The molecule has 2 aromatic rings.